The fourth-order valence-electron chi connectivity index (χ4n) is 2.54. The van der Waals surface area contributed by atoms with Crippen LogP contribution in [0.2, 0.25) is 0 Å². The van der Waals surface area contributed by atoms with Gasteiger partial charge in [0, 0.05) is 32.0 Å². The van der Waals surface area contributed by atoms with Crippen LogP contribution in [-0.4, -0.2) is 48.7 Å². The average Bonchev–Trinajstić information content (AvgIpc) is 2.61. The van der Waals surface area contributed by atoms with Crippen molar-refractivity contribution in [1.29, 1.82) is 0 Å². The van der Waals surface area contributed by atoms with E-state index in [4.69, 9.17) is 5.11 Å². The smallest absolute Gasteiger partial charge is 0.223 e. The van der Waals surface area contributed by atoms with Gasteiger partial charge in [-0.15, -0.1) is 0 Å². The number of likely N-dealkylation sites (tertiary alicyclic amines) is 1. The minimum Gasteiger partial charge on any atom is -0.396 e. The van der Waals surface area contributed by atoms with E-state index in [1.54, 1.807) is 0 Å². The van der Waals surface area contributed by atoms with Crippen molar-refractivity contribution in [3.05, 3.63) is 0 Å². The van der Waals surface area contributed by atoms with Gasteiger partial charge in [-0.1, -0.05) is 0 Å². The lowest BCUT2D eigenvalue weighted by atomic mass is 9.99. The van der Waals surface area contributed by atoms with Crippen molar-refractivity contribution in [2.24, 2.45) is 11.8 Å². The molecule has 2 heterocycles. The van der Waals surface area contributed by atoms with E-state index in [2.05, 4.69) is 5.32 Å². The first-order chi connectivity index (χ1) is 7.29. The van der Waals surface area contributed by atoms with E-state index in [1.807, 2.05) is 4.90 Å². The summed E-state index contributed by atoms with van der Waals surface area (Å²) in [6.07, 6.45) is 2.98. The van der Waals surface area contributed by atoms with Crippen LogP contribution < -0.4 is 5.32 Å². The van der Waals surface area contributed by atoms with E-state index in [0.29, 0.717) is 12.3 Å². The van der Waals surface area contributed by atoms with Crippen LogP contribution in [0.1, 0.15) is 19.3 Å². The Kier molecular flexibility index (Phi) is 3.59. The van der Waals surface area contributed by atoms with Crippen molar-refractivity contribution in [2.45, 2.75) is 19.3 Å². The van der Waals surface area contributed by atoms with Crippen molar-refractivity contribution in [2.75, 3.05) is 32.8 Å². The number of aliphatic hydroxyl groups is 1. The highest BCUT2D eigenvalue weighted by Crippen LogP contribution is 2.20. The molecule has 0 aromatic heterocycles. The Morgan fingerprint density at radius 2 is 2.33 bits per heavy atom. The predicted molar refractivity (Wildman–Crippen MR) is 57.4 cm³/mol. The summed E-state index contributed by atoms with van der Waals surface area (Å²) in [5.41, 5.74) is 0. The van der Waals surface area contributed by atoms with Crippen molar-refractivity contribution >= 4 is 5.91 Å². The molecule has 1 amide bonds. The van der Waals surface area contributed by atoms with Crippen LogP contribution in [0, 0.1) is 11.8 Å². The van der Waals surface area contributed by atoms with Gasteiger partial charge in [-0.2, -0.15) is 0 Å². The molecule has 2 fully saturated rings. The van der Waals surface area contributed by atoms with Crippen LogP contribution in [0.15, 0.2) is 0 Å². The first-order valence-corrected chi connectivity index (χ1v) is 5.89. The van der Waals surface area contributed by atoms with Gasteiger partial charge < -0.3 is 15.3 Å². The Labute approximate surface area is 90.6 Å². The van der Waals surface area contributed by atoms with Gasteiger partial charge in [0.2, 0.25) is 5.91 Å². The molecule has 2 rings (SSSR count). The van der Waals surface area contributed by atoms with Gasteiger partial charge in [-0.25, -0.2) is 0 Å². The number of carbonyl (C=O) groups is 1. The number of amides is 1. The largest absolute Gasteiger partial charge is 0.396 e. The van der Waals surface area contributed by atoms with Gasteiger partial charge in [0.1, 0.15) is 0 Å². The average molecular weight is 212 g/mol. The van der Waals surface area contributed by atoms with E-state index in [9.17, 15) is 4.79 Å². The number of hydrogen-bond donors (Lipinski definition) is 2. The highest BCUT2D eigenvalue weighted by Gasteiger charge is 2.30. The van der Waals surface area contributed by atoms with Crippen molar-refractivity contribution < 1.29 is 9.90 Å². The number of aliphatic hydroxyl groups excluding tert-OH is 1. The Balaban J connectivity index is 1.81. The molecule has 0 bridgehead atoms. The highest BCUT2D eigenvalue weighted by atomic mass is 16.3. The fraction of sp³-hybridized carbons (Fsp3) is 0.909. The number of rotatable bonds is 3. The third-order valence-electron chi connectivity index (χ3n) is 3.43. The van der Waals surface area contributed by atoms with Crippen LogP contribution in [-0.2, 0) is 4.79 Å². The maximum Gasteiger partial charge on any atom is 0.223 e. The van der Waals surface area contributed by atoms with Crippen LogP contribution in [0.25, 0.3) is 0 Å². The van der Waals surface area contributed by atoms with Crippen molar-refractivity contribution in [1.82, 2.24) is 10.2 Å². The molecule has 0 spiro atoms. The zero-order chi connectivity index (χ0) is 10.7. The number of piperidine rings is 1. The zero-order valence-electron chi connectivity index (χ0n) is 9.11. The summed E-state index contributed by atoms with van der Waals surface area (Å²) in [5, 5.41) is 12.4. The summed E-state index contributed by atoms with van der Waals surface area (Å²) in [5.74, 6) is 1.01. The Morgan fingerprint density at radius 3 is 2.93 bits per heavy atom. The molecule has 2 aliphatic rings. The standard InChI is InChI=1S/C11H20N2O2/c14-8-10-4-11(15)13(7-10)6-9-2-1-3-12-5-9/h9-10,12,14H,1-8H2. The highest BCUT2D eigenvalue weighted by molar-refractivity contribution is 5.78. The molecule has 0 aromatic carbocycles. The van der Waals surface area contributed by atoms with Gasteiger partial charge in [0.05, 0.1) is 0 Å². The molecule has 2 unspecified atom stereocenters. The molecule has 15 heavy (non-hydrogen) atoms. The molecule has 0 aromatic rings. The molecule has 2 N–H and O–H groups in total. The zero-order valence-corrected chi connectivity index (χ0v) is 9.11. The fourth-order valence-corrected chi connectivity index (χ4v) is 2.54. The minimum atomic E-state index is 0.144. The van der Waals surface area contributed by atoms with Gasteiger partial charge >= 0.3 is 0 Å². The summed E-state index contributed by atoms with van der Waals surface area (Å²) in [7, 11) is 0. The monoisotopic (exact) mass is 212 g/mol. The molecule has 0 saturated carbocycles. The van der Waals surface area contributed by atoms with Crippen molar-refractivity contribution in [3.63, 3.8) is 0 Å². The lowest BCUT2D eigenvalue weighted by molar-refractivity contribution is -0.128. The number of carbonyl (C=O) groups excluding carboxylic acids is 1. The third kappa shape index (κ3) is 2.69. The van der Waals surface area contributed by atoms with E-state index in [0.717, 1.165) is 26.2 Å². The second-order valence-corrected chi connectivity index (χ2v) is 4.76. The SMILES string of the molecule is O=C1CC(CO)CN1CC1CCCNC1. The quantitative estimate of drug-likeness (QED) is 0.683. The maximum absolute atomic E-state index is 11.6. The van der Waals surface area contributed by atoms with Gasteiger partial charge in [-0.3, -0.25) is 4.79 Å². The number of nitrogens with zero attached hydrogens (tertiary/aromatic N) is 1. The van der Waals surface area contributed by atoms with Gasteiger partial charge in [-0.05, 0) is 31.8 Å². The van der Waals surface area contributed by atoms with E-state index < -0.39 is 0 Å². The molecule has 2 aliphatic heterocycles. The number of nitrogens with one attached hydrogen (secondary N) is 1. The molecular weight excluding hydrogens is 192 g/mol. The molecule has 0 aliphatic carbocycles. The summed E-state index contributed by atoms with van der Waals surface area (Å²) in [6.45, 7) is 3.93. The maximum atomic E-state index is 11.6. The second-order valence-electron chi connectivity index (χ2n) is 4.76. The minimum absolute atomic E-state index is 0.144. The van der Waals surface area contributed by atoms with Crippen LogP contribution in [0.3, 0.4) is 0 Å². The topological polar surface area (TPSA) is 52.6 Å². The van der Waals surface area contributed by atoms with E-state index in [1.165, 1.54) is 12.8 Å². The summed E-state index contributed by atoms with van der Waals surface area (Å²) < 4.78 is 0. The van der Waals surface area contributed by atoms with Crippen LogP contribution >= 0.6 is 0 Å². The lowest BCUT2D eigenvalue weighted by Gasteiger charge is -2.27. The molecule has 4 heteroatoms. The Hall–Kier alpha value is -0.610. The molecule has 2 saturated heterocycles. The first-order valence-electron chi connectivity index (χ1n) is 5.89. The third-order valence-corrected chi connectivity index (χ3v) is 3.43. The van der Waals surface area contributed by atoms with Crippen molar-refractivity contribution in [3.8, 4) is 0 Å². The molecule has 86 valence electrons. The molecule has 4 nitrogen and oxygen atoms in total. The Morgan fingerprint density at radius 1 is 1.47 bits per heavy atom. The van der Waals surface area contributed by atoms with Gasteiger partial charge in [0.25, 0.3) is 0 Å². The summed E-state index contributed by atoms with van der Waals surface area (Å²) >= 11 is 0. The van der Waals surface area contributed by atoms with Crippen LogP contribution in [0.5, 0.6) is 0 Å². The molecular formula is C11H20N2O2. The lowest BCUT2D eigenvalue weighted by Crippen LogP contribution is -2.39. The van der Waals surface area contributed by atoms with E-state index in [-0.39, 0.29) is 18.4 Å². The predicted octanol–water partition coefficient (Wildman–Crippen LogP) is -0.173. The summed E-state index contributed by atoms with van der Waals surface area (Å²) in [4.78, 5) is 13.5. The van der Waals surface area contributed by atoms with Crippen LogP contribution in [0.4, 0.5) is 0 Å². The normalized spacial score (nSPS) is 32.3. The van der Waals surface area contributed by atoms with Gasteiger partial charge in [0.15, 0.2) is 0 Å². The molecule has 0 radical (unpaired) electrons. The first kappa shape index (κ1) is 10.9. The summed E-state index contributed by atoms with van der Waals surface area (Å²) in [6, 6.07) is 0. The Bertz CT molecular complexity index is 227. The number of hydrogen-bond acceptors (Lipinski definition) is 3. The van der Waals surface area contributed by atoms with E-state index >= 15 is 0 Å². The second kappa shape index (κ2) is 4.94. The molecule has 2 atom stereocenters.